The van der Waals surface area contributed by atoms with Gasteiger partial charge < -0.3 is 10.4 Å². The van der Waals surface area contributed by atoms with Crippen LogP contribution in [0.1, 0.15) is 22.3 Å². The number of benzene rings is 2. The van der Waals surface area contributed by atoms with Crippen LogP contribution in [0.2, 0.25) is 0 Å². The van der Waals surface area contributed by atoms with Crippen molar-refractivity contribution in [2.75, 3.05) is 12.3 Å². The van der Waals surface area contributed by atoms with Crippen LogP contribution in [0, 0.1) is 6.92 Å². The molecule has 0 heterocycles. The number of phenols is 1. The highest BCUT2D eigenvalue weighted by Crippen LogP contribution is 2.19. The summed E-state index contributed by atoms with van der Waals surface area (Å²) in [6.07, 6.45) is 0.887. The molecule has 0 saturated heterocycles. The summed E-state index contributed by atoms with van der Waals surface area (Å²) in [5.74, 6) is 0.757. The number of nitrogens with one attached hydrogen (secondary N) is 1. The lowest BCUT2D eigenvalue weighted by Crippen LogP contribution is -2.24. The molecule has 0 atom stereocenters. The van der Waals surface area contributed by atoms with Gasteiger partial charge in [-0.3, -0.25) is 4.79 Å². The quantitative estimate of drug-likeness (QED) is 0.633. The second kappa shape index (κ2) is 7.74. The Morgan fingerprint density at radius 1 is 1.19 bits per heavy atom. The van der Waals surface area contributed by atoms with Crippen molar-refractivity contribution in [3.05, 3.63) is 59.7 Å². The van der Waals surface area contributed by atoms with Gasteiger partial charge in [0, 0.05) is 11.4 Å². The van der Waals surface area contributed by atoms with Crippen LogP contribution >= 0.6 is 11.8 Å². The Morgan fingerprint density at radius 3 is 2.67 bits per heavy atom. The largest absolute Gasteiger partial charge is 0.507 e. The van der Waals surface area contributed by atoms with Crippen LogP contribution < -0.4 is 5.32 Å². The predicted molar refractivity (Wildman–Crippen MR) is 87.0 cm³/mol. The minimum absolute atomic E-state index is 0.0335. The van der Waals surface area contributed by atoms with Crippen molar-refractivity contribution in [2.24, 2.45) is 0 Å². The number of rotatable bonds is 6. The van der Waals surface area contributed by atoms with Crippen LogP contribution in [0.25, 0.3) is 0 Å². The average molecular weight is 301 g/mol. The number of hydrogen-bond acceptors (Lipinski definition) is 3. The summed E-state index contributed by atoms with van der Waals surface area (Å²) in [6.45, 7) is 2.48. The Kier molecular flexibility index (Phi) is 5.69. The maximum Gasteiger partial charge on any atom is 0.255 e. The number of phenolic OH excluding ortho intramolecular Hbond substituents is 1. The van der Waals surface area contributed by atoms with E-state index in [1.807, 2.05) is 31.2 Å². The molecule has 0 saturated carbocycles. The zero-order chi connectivity index (χ0) is 15.1. The number of carbonyl (C=O) groups excluding carboxylic acids is 1. The average Bonchev–Trinajstić information content (AvgIpc) is 2.47. The van der Waals surface area contributed by atoms with Gasteiger partial charge in [-0.05, 0) is 48.9 Å². The van der Waals surface area contributed by atoms with Gasteiger partial charge >= 0.3 is 0 Å². The minimum Gasteiger partial charge on any atom is -0.507 e. The van der Waals surface area contributed by atoms with Gasteiger partial charge in [0.05, 0.1) is 5.56 Å². The van der Waals surface area contributed by atoms with Crippen LogP contribution in [0.4, 0.5) is 0 Å². The number of hydrogen-bond donors (Lipinski definition) is 2. The van der Waals surface area contributed by atoms with Gasteiger partial charge in [-0.2, -0.15) is 0 Å². The lowest BCUT2D eigenvalue weighted by Gasteiger charge is -2.07. The predicted octanol–water partition coefficient (Wildman–Crippen LogP) is 3.61. The number of amides is 1. The SMILES string of the molecule is Cc1ccc(C(=O)NCCCSc2ccccc2)c(O)c1. The lowest BCUT2D eigenvalue weighted by atomic mass is 10.1. The Labute approximate surface area is 129 Å². The van der Waals surface area contributed by atoms with Crippen molar-refractivity contribution >= 4 is 17.7 Å². The van der Waals surface area contributed by atoms with E-state index in [2.05, 4.69) is 17.4 Å². The van der Waals surface area contributed by atoms with Gasteiger partial charge in [0.2, 0.25) is 0 Å². The molecule has 0 radical (unpaired) electrons. The Balaban J connectivity index is 1.72. The molecule has 110 valence electrons. The number of carbonyl (C=O) groups is 1. The summed E-state index contributed by atoms with van der Waals surface area (Å²) in [5.41, 5.74) is 1.26. The molecule has 2 aromatic carbocycles. The van der Waals surface area contributed by atoms with Gasteiger partial charge in [-0.1, -0.05) is 24.3 Å². The first kappa shape index (κ1) is 15.4. The molecule has 2 rings (SSSR count). The van der Waals surface area contributed by atoms with E-state index in [4.69, 9.17) is 0 Å². The highest BCUT2D eigenvalue weighted by molar-refractivity contribution is 7.99. The second-order valence-corrected chi connectivity index (χ2v) is 5.96. The second-order valence-electron chi connectivity index (χ2n) is 4.79. The van der Waals surface area contributed by atoms with Crippen LogP contribution in [0.5, 0.6) is 5.75 Å². The van der Waals surface area contributed by atoms with Crippen LogP contribution in [0.3, 0.4) is 0 Å². The topological polar surface area (TPSA) is 49.3 Å². The van der Waals surface area contributed by atoms with Crippen molar-refractivity contribution in [2.45, 2.75) is 18.2 Å². The van der Waals surface area contributed by atoms with Gasteiger partial charge in [0.25, 0.3) is 5.91 Å². The highest BCUT2D eigenvalue weighted by Gasteiger charge is 2.09. The molecular formula is C17H19NO2S. The van der Waals surface area contributed by atoms with E-state index in [1.165, 1.54) is 4.90 Å². The zero-order valence-electron chi connectivity index (χ0n) is 12.0. The normalized spacial score (nSPS) is 10.3. The van der Waals surface area contributed by atoms with E-state index < -0.39 is 0 Å². The van der Waals surface area contributed by atoms with Crippen molar-refractivity contribution in [1.29, 1.82) is 0 Å². The Morgan fingerprint density at radius 2 is 1.95 bits per heavy atom. The monoisotopic (exact) mass is 301 g/mol. The molecule has 1 amide bonds. The number of thioether (sulfide) groups is 1. The van der Waals surface area contributed by atoms with Gasteiger partial charge in [-0.15, -0.1) is 11.8 Å². The molecule has 0 spiro atoms. The summed E-state index contributed by atoms with van der Waals surface area (Å²) in [6, 6.07) is 15.3. The van der Waals surface area contributed by atoms with E-state index in [0.29, 0.717) is 12.1 Å². The fourth-order valence-corrected chi connectivity index (χ4v) is 2.78. The molecular weight excluding hydrogens is 282 g/mol. The molecule has 0 aromatic heterocycles. The highest BCUT2D eigenvalue weighted by atomic mass is 32.2. The Hall–Kier alpha value is -1.94. The first-order valence-electron chi connectivity index (χ1n) is 6.92. The van der Waals surface area contributed by atoms with Gasteiger partial charge in [0.15, 0.2) is 0 Å². The summed E-state index contributed by atoms with van der Waals surface area (Å²) in [5, 5.41) is 12.6. The van der Waals surface area contributed by atoms with Crippen LogP contribution in [-0.4, -0.2) is 23.3 Å². The smallest absolute Gasteiger partial charge is 0.255 e. The fourth-order valence-electron chi connectivity index (χ4n) is 1.91. The molecule has 0 bridgehead atoms. The van der Waals surface area contributed by atoms with E-state index in [9.17, 15) is 9.90 Å². The van der Waals surface area contributed by atoms with Gasteiger partial charge in [0.1, 0.15) is 5.75 Å². The van der Waals surface area contributed by atoms with Crippen LogP contribution in [-0.2, 0) is 0 Å². The first-order valence-corrected chi connectivity index (χ1v) is 7.91. The van der Waals surface area contributed by atoms with E-state index in [0.717, 1.165) is 17.7 Å². The van der Waals surface area contributed by atoms with E-state index in [1.54, 1.807) is 23.9 Å². The molecule has 3 nitrogen and oxygen atoms in total. The summed E-state index contributed by atoms with van der Waals surface area (Å²) in [7, 11) is 0. The molecule has 0 unspecified atom stereocenters. The molecule has 0 aliphatic heterocycles. The fraction of sp³-hybridized carbons (Fsp3) is 0.235. The maximum absolute atomic E-state index is 11.9. The molecule has 0 fully saturated rings. The van der Waals surface area contributed by atoms with Crippen molar-refractivity contribution in [3.8, 4) is 5.75 Å². The Bertz CT molecular complexity index is 599. The first-order chi connectivity index (χ1) is 10.2. The molecule has 2 aromatic rings. The third-order valence-corrected chi connectivity index (χ3v) is 4.11. The molecule has 0 aliphatic carbocycles. The van der Waals surface area contributed by atoms with Crippen molar-refractivity contribution < 1.29 is 9.90 Å². The van der Waals surface area contributed by atoms with E-state index >= 15 is 0 Å². The third-order valence-electron chi connectivity index (χ3n) is 3.02. The number of aryl methyl sites for hydroxylation is 1. The zero-order valence-corrected chi connectivity index (χ0v) is 12.8. The maximum atomic E-state index is 11.9. The molecule has 0 aliphatic rings. The standard InChI is InChI=1S/C17H19NO2S/c1-13-8-9-15(16(19)12-13)17(20)18-10-5-11-21-14-6-3-2-4-7-14/h2-4,6-9,12,19H,5,10-11H2,1H3,(H,18,20). The van der Waals surface area contributed by atoms with Gasteiger partial charge in [-0.25, -0.2) is 0 Å². The summed E-state index contributed by atoms with van der Waals surface area (Å²) in [4.78, 5) is 13.2. The van der Waals surface area contributed by atoms with Crippen molar-refractivity contribution in [1.82, 2.24) is 5.32 Å². The summed E-state index contributed by atoms with van der Waals surface area (Å²) >= 11 is 1.77. The van der Waals surface area contributed by atoms with Crippen molar-refractivity contribution in [3.63, 3.8) is 0 Å². The van der Waals surface area contributed by atoms with Crippen LogP contribution in [0.15, 0.2) is 53.4 Å². The lowest BCUT2D eigenvalue weighted by molar-refractivity contribution is 0.0951. The summed E-state index contributed by atoms with van der Waals surface area (Å²) < 4.78 is 0. The minimum atomic E-state index is -0.225. The molecule has 4 heteroatoms. The molecule has 21 heavy (non-hydrogen) atoms. The number of aromatic hydroxyl groups is 1. The third kappa shape index (κ3) is 4.83. The van der Waals surface area contributed by atoms with E-state index in [-0.39, 0.29) is 11.7 Å². The molecule has 2 N–H and O–H groups in total.